The van der Waals surface area contributed by atoms with Crippen molar-refractivity contribution in [2.75, 3.05) is 5.32 Å². The topological polar surface area (TPSA) is 98.5 Å². The fraction of sp³-hybridized carbons (Fsp3) is 0.125. The van der Waals surface area contributed by atoms with Gasteiger partial charge in [0.25, 0.3) is 11.6 Å². The number of hydrogen-bond donors (Lipinski definition) is 1. The molecular weight excluding hydrogens is 355 g/mol. The summed E-state index contributed by atoms with van der Waals surface area (Å²) in [5.74, 6) is -2.05. The van der Waals surface area contributed by atoms with Gasteiger partial charge in [-0.05, 0) is 35.9 Å². The first kappa shape index (κ1) is 16.8. The molecule has 2 aromatic carbocycles. The van der Waals surface area contributed by atoms with Crippen LogP contribution in [0.25, 0.3) is 0 Å². The molecule has 1 aliphatic heterocycles. The second-order valence-corrected chi connectivity index (χ2v) is 5.74. The fourth-order valence-electron chi connectivity index (χ4n) is 2.49. The van der Waals surface area contributed by atoms with Crippen LogP contribution in [0.5, 0.6) is 0 Å². The summed E-state index contributed by atoms with van der Waals surface area (Å²) in [6.07, 6.45) is -1.26. The Labute approximate surface area is 145 Å². The highest BCUT2D eigenvalue weighted by atomic mass is 35.5. The summed E-state index contributed by atoms with van der Waals surface area (Å²) in [4.78, 5) is 34.6. The van der Waals surface area contributed by atoms with E-state index in [9.17, 15) is 24.1 Å². The molecule has 0 aliphatic carbocycles. The van der Waals surface area contributed by atoms with E-state index < -0.39 is 34.4 Å². The minimum absolute atomic E-state index is 0.0357. The molecule has 0 fully saturated rings. The lowest BCUT2D eigenvalue weighted by Crippen LogP contribution is -2.38. The standard InChI is InChI=1S/C16H10ClFN2O5/c17-9-1-4-12(13(7-9)20(23)24)19-15(21)14-6-8-5-10(18)2-3-11(8)16(22)25-14/h1-5,7,14H,6H2,(H,19,21). The van der Waals surface area contributed by atoms with E-state index >= 15 is 0 Å². The van der Waals surface area contributed by atoms with E-state index in [1.807, 2.05) is 0 Å². The molecule has 0 saturated heterocycles. The lowest BCUT2D eigenvalue weighted by atomic mass is 9.98. The van der Waals surface area contributed by atoms with Crippen molar-refractivity contribution < 1.29 is 23.6 Å². The number of esters is 1. The lowest BCUT2D eigenvalue weighted by Gasteiger charge is -2.23. The molecule has 9 heteroatoms. The van der Waals surface area contributed by atoms with E-state index in [-0.39, 0.29) is 22.7 Å². The Kier molecular flexibility index (Phi) is 4.37. The Balaban J connectivity index is 1.83. The minimum atomic E-state index is -1.22. The Bertz CT molecular complexity index is 902. The van der Waals surface area contributed by atoms with Crippen molar-refractivity contribution in [3.8, 4) is 0 Å². The van der Waals surface area contributed by atoms with Crippen LogP contribution in [0.15, 0.2) is 36.4 Å². The Morgan fingerprint density at radius 3 is 2.80 bits per heavy atom. The second-order valence-electron chi connectivity index (χ2n) is 5.31. The number of nitrogens with zero attached hydrogens (tertiary/aromatic N) is 1. The number of nitro benzene ring substituents is 1. The van der Waals surface area contributed by atoms with Crippen molar-refractivity contribution in [2.24, 2.45) is 0 Å². The van der Waals surface area contributed by atoms with Gasteiger partial charge in [-0.2, -0.15) is 0 Å². The number of hydrogen-bond acceptors (Lipinski definition) is 5. The van der Waals surface area contributed by atoms with Crippen molar-refractivity contribution in [3.05, 3.63) is 68.5 Å². The first-order chi connectivity index (χ1) is 11.8. The number of nitrogens with one attached hydrogen (secondary N) is 1. The number of fused-ring (bicyclic) bond motifs is 1. The first-order valence-corrected chi connectivity index (χ1v) is 7.47. The van der Waals surface area contributed by atoms with Gasteiger partial charge in [0.15, 0.2) is 6.10 Å². The number of cyclic esters (lactones) is 1. The van der Waals surface area contributed by atoms with Gasteiger partial charge >= 0.3 is 5.97 Å². The number of amides is 1. The Morgan fingerprint density at radius 1 is 1.32 bits per heavy atom. The van der Waals surface area contributed by atoms with Gasteiger partial charge < -0.3 is 10.1 Å². The SMILES string of the molecule is O=C1OC(C(=O)Nc2ccc(Cl)cc2[N+](=O)[O-])Cc2cc(F)ccc21. The summed E-state index contributed by atoms with van der Waals surface area (Å²) in [5, 5.41) is 13.5. The highest BCUT2D eigenvalue weighted by molar-refractivity contribution is 6.31. The van der Waals surface area contributed by atoms with E-state index in [0.717, 1.165) is 18.2 Å². The Morgan fingerprint density at radius 2 is 2.08 bits per heavy atom. The van der Waals surface area contributed by atoms with Crippen LogP contribution in [0.4, 0.5) is 15.8 Å². The third-order valence-electron chi connectivity index (χ3n) is 3.65. The molecule has 1 amide bonds. The van der Waals surface area contributed by atoms with Gasteiger partial charge in [-0.15, -0.1) is 0 Å². The number of anilines is 1. The van der Waals surface area contributed by atoms with Gasteiger partial charge in [-0.1, -0.05) is 11.6 Å². The third-order valence-corrected chi connectivity index (χ3v) is 3.88. The van der Waals surface area contributed by atoms with Gasteiger partial charge in [0.1, 0.15) is 11.5 Å². The summed E-state index contributed by atoms with van der Waals surface area (Å²) < 4.78 is 18.4. The van der Waals surface area contributed by atoms with Crippen molar-refractivity contribution in [2.45, 2.75) is 12.5 Å². The van der Waals surface area contributed by atoms with Crippen LogP contribution in [0, 0.1) is 15.9 Å². The van der Waals surface area contributed by atoms with Crippen molar-refractivity contribution in [3.63, 3.8) is 0 Å². The van der Waals surface area contributed by atoms with Gasteiger partial charge in [-0.25, -0.2) is 9.18 Å². The molecule has 0 aromatic heterocycles. The zero-order valence-corrected chi connectivity index (χ0v) is 13.2. The van der Waals surface area contributed by atoms with Crippen LogP contribution in [0.3, 0.4) is 0 Å². The molecule has 2 aromatic rings. The minimum Gasteiger partial charge on any atom is -0.448 e. The normalized spacial score (nSPS) is 15.9. The van der Waals surface area contributed by atoms with Gasteiger partial charge in [0, 0.05) is 17.5 Å². The average Bonchev–Trinajstić information content (AvgIpc) is 2.55. The van der Waals surface area contributed by atoms with E-state index in [0.29, 0.717) is 5.56 Å². The molecule has 1 aliphatic rings. The predicted octanol–water partition coefficient (Wildman–Crippen LogP) is 3.11. The van der Waals surface area contributed by atoms with Crippen LogP contribution >= 0.6 is 11.6 Å². The molecule has 0 radical (unpaired) electrons. The number of carbonyl (C=O) groups is 2. The molecule has 1 heterocycles. The molecular formula is C16H10ClFN2O5. The number of carbonyl (C=O) groups excluding carboxylic acids is 2. The molecule has 1 atom stereocenters. The lowest BCUT2D eigenvalue weighted by molar-refractivity contribution is -0.383. The number of nitro groups is 1. The predicted molar refractivity (Wildman–Crippen MR) is 86.0 cm³/mol. The highest BCUT2D eigenvalue weighted by Gasteiger charge is 2.32. The maximum atomic E-state index is 13.3. The van der Waals surface area contributed by atoms with Crippen molar-refractivity contribution in [1.29, 1.82) is 0 Å². The fourth-order valence-corrected chi connectivity index (χ4v) is 2.65. The number of benzene rings is 2. The van der Waals surface area contributed by atoms with E-state index in [1.54, 1.807) is 0 Å². The average molecular weight is 365 g/mol. The molecule has 0 bridgehead atoms. The van der Waals surface area contributed by atoms with E-state index in [1.165, 1.54) is 18.2 Å². The molecule has 0 saturated carbocycles. The van der Waals surface area contributed by atoms with E-state index in [4.69, 9.17) is 16.3 Å². The number of ether oxygens (including phenoxy) is 1. The number of rotatable bonds is 3. The molecule has 25 heavy (non-hydrogen) atoms. The summed E-state index contributed by atoms with van der Waals surface area (Å²) in [6.45, 7) is 0. The summed E-state index contributed by atoms with van der Waals surface area (Å²) in [7, 11) is 0. The molecule has 128 valence electrons. The Hall–Kier alpha value is -3.00. The summed E-state index contributed by atoms with van der Waals surface area (Å²) in [6, 6.07) is 7.30. The zero-order valence-electron chi connectivity index (χ0n) is 12.5. The second kappa shape index (κ2) is 6.48. The van der Waals surface area contributed by atoms with Gasteiger partial charge in [0.05, 0.1) is 10.5 Å². The molecule has 1 unspecified atom stereocenters. The largest absolute Gasteiger partial charge is 0.448 e. The summed E-state index contributed by atoms with van der Waals surface area (Å²) in [5.41, 5.74) is 0.0415. The van der Waals surface area contributed by atoms with Gasteiger partial charge in [-0.3, -0.25) is 14.9 Å². The maximum Gasteiger partial charge on any atom is 0.339 e. The van der Waals surface area contributed by atoms with Gasteiger partial charge in [0.2, 0.25) is 0 Å². The molecule has 0 spiro atoms. The van der Waals surface area contributed by atoms with Crippen molar-refractivity contribution >= 4 is 34.9 Å². The van der Waals surface area contributed by atoms with Crippen LogP contribution < -0.4 is 5.32 Å². The van der Waals surface area contributed by atoms with Crippen LogP contribution in [0.1, 0.15) is 15.9 Å². The summed E-state index contributed by atoms with van der Waals surface area (Å²) >= 11 is 5.71. The van der Waals surface area contributed by atoms with Crippen LogP contribution in [-0.4, -0.2) is 22.9 Å². The zero-order chi connectivity index (χ0) is 18.1. The number of halogens is 2. The molecule has 1 N–H and O–H groups in total. The monoisotopic (exact) mass is 364 g/mol. The first-order valence-electron chi connectivity index (χ1n) is 7.09. The van der Waals surface area contributed by atoms with E-state index in [2.05, 4.69) is 5.32 Å². The van der Waals surface area contributed by atoms with Crippen molar-refractivity contribution in [1.82, 2.24) is 0 Å². The highest BCUT2D eigenvalue weighted by Crippen LogP contribution is 2.29. The molecule has 7 nitrogen and oxygen atoms in total. The van der Waals surface area contributed by atoms with Crippen LogP contribution in [-0.2, 0) is 16.0 Å². The molecule has 3 rings (SSSR count). The smallest absolute Gasteiger partial charge is 0.339 e. The van der Waals surface area contributed by atoms with Crippen LogP contribution in [0.2, 0.25) is 5.02 Å². The quantitative estimate of drug-likeness (QED) is 0.512. The maximum absolute atomic E-state index is 13.3. The third kappa shape index (κ3) is 3.43.